The van der Waals surface area contributed by atoms with Gasteiger partial charge in [0.05, 0.1) is 7.11 Å². The number of hydrogen-bond donors (Lipinski definition) is 1. The fourth-order valence-corrected chi connectivity index (χ4v) is 2.86. The van der Waals surface area contributed by atoms with Gasteiger partial charge in [-0.1, -0.05) is 11.3 Å². The van der Waals surface area contributed by atoms with Gasteiger partial charge in [0.15, 0.2) is 9.65 Å². The summed E-state index contributed by atoms with van der Waals surface area (Å²) >= 11 is 6.21. The summed E-state index contributed by atoms with van der Waals surface area (Å²) in [5, 5.41) is 10.8. The summed E-state index contributed by atoms with van der Waals surface area (Å²) in [6.45, 7) is 1.91. The number of rotatable bonds is 2. The van der Waals surface area contributed by atoms with Crippen LogP contribution < -0.4 is 10.3 Å². The molecule has 0 atom stereocenters. The Hall–Kier alpha value is -2.06. The molecule has 0 aliphatic heterocycles. The van der Waals surface area contributed by atoms with Crippen molar-refractivity contribution in [2.24, 2.45) is 0 Å². The van der Waals surface area contributed by atoms with Gasteiger partial charge < -0.3 is 4.74 Å². The molecule has 3 rings (SSSR count). The number of benzene rings is 1. The zero-order valence-electron chi connectivity index (χ0n) is 10.7. The molecule has 102 valence electrons. The molecule has 0 aliphatic rings. The Morgan fingerprint density at radius 1 is 1.40 bits per heavy atom. The highest BCUT2D eigenvalue weighted by Gasteiger charge is 2.12. The van der Waals surface area contributed by atoms with Crippen LogP contribution in [0.2, 0.25) is 0 Å². The molecule has 0 saturated heterocycles. The summed E-state index contributed by atoms with van der Waals surface area (Å²) in [5.41, 5.74) is 1.62. The number of ether oxygens (including phenoxy) is 1. The van der Waals surface area contributed by atoms with Crippen LogP contribution in [-0.2, 0) is 0 Å². The Kier molecular flexibility index (Phi) is 3.11. The predicted molar refractivity (Wildman–Crippen MR) is 79.0 cm³/mol. The number of aromatic nitrogens is 4. The van der Waals surface area contributed by atoms with Gasteiger partial charge in [0.1, 0.15) is 5.75 Å². The summed E-state index contributed by atoms with van der Waals surface area (Å²) < 4.78 is 7.00. The van der Waals surface area contributed by atoms with Crippen LogP contribution in [0.15, 0.2) is 23.0 Å². The molecule has 0 amide bonds. The lowest BCUT2D eigenvalue weighted by Crippen LogP contribution is -2.19. The van der Waals surface area contributed by atoms with Gasteiger partial charge in [-0.15, -0.1) is 10.2 Å². The normalized spacial score (nSPS) is 10.9. The molecular formula is C12H10N4O2S2. The number of nitrogens with one attached hydrogen (secondary N) is 1. The molecule has 6 nitrogen and oxygen atoms in total. The largest absolute Gasteiger partial charge is 0.496 e. The molecule has 2 aromatic heterocycles. The average Bonchev–Trinajstić information content (AvgIpc) is 2.81. The number of nitrogens with zero attached hydrogens (tertiary/aromatic N) is 3. The number of H-pyrrole nitrogens is 1. The summed E-state index contributed by atoms with van der Waals surface area (Å²) in [5.74, 6) is 0.762. The van der Waals surface area contributed by atoms with E-state index in [2.05, 4.69) is 15.3 Å². The highest BCUT2D eigenvalue weighted by atomic mass is 32.1. The van der Waals surface area contributed by atoms with Crippen LogP contribution in [0.3, 0.4) is 0 Å². The minimum absolute atomic E-state index is 0.271. The van der Waals surface area contributed by atoms with E-state index in [4.69, 9.17) is 17.0 Å². The molecule has 2 heterocycles. The van der Waals surface area contributed by atoms with E-state index in [0.717, 1.165) is 11.3 Å². The monoisotopic (exact) mass is 306 g/mol. The van der Waals surface area contributed by atoms with E-state index in [1.165, 1.54) is 15.9 Å². The lowest BCUT2D eigenvalue weighted by atomic mass is 10.1. The maximum absolute atomic E-state index is 12.4. The minimum atomic E-state index is -0.271. The highest BCUT2D eigenvalue weighted by Crippen LogP contribution is 2.23. The van der Waals surface area contributed by atoms with E-state index >= 15 is 0 Å². The molecule has 0 spiro atoms. The first-order chi connectivity index (χ1) is 9.60. The molecule has 0 radical (unpaired) electrons. The second-order valence-electron chi connectivity index (χ2n) is 4.16. The van der Waals surface area contributed by atoms with Crippen molar-refractivity contribution in [3.05, 3.63) is 38.1 Å². The van der Waals surface area contributed by atoms with E-state index < -0.39 is 0 Å². The van der Waals surface area contributed by atoms with Crippen molar-refractivity contribution in [2.75, 3.05) is 7.11 Å². The van der Waals surface area contributed by atoms with Crippen molar-refractivity contribution in [1.29, 1.82) is 0 Å². The van der Waals surface area contributed by atoms with Gasteiger partial charge in [0.2, 0.25) is 4.96 Å². The van der Waals surface area contributed by atoms with Gasteiger partial charge in [0.25, 0.3) is 5.56 Å². The van der Waals surface area contributed by atoms with E-state index in [9.17, 15) is 4.79 Å². The number of methoxy groups -OCH3 is 1. The molecule has 8 heteroatoms. The van der Waals surface area contributed by atoms with Crippen molar-refractivity contribution in [3.63, 3.8) is 0 Å². The molecule has 0 unspecified atom stereocenters. The first-order valence-electron chi connectivity index (χ1n) is 5.73. The predicted octanol–water partition coefficient (Wildman–Crippen LogP) is 2.19. The van der Waals surface area contributed by atoms with Crippen LogP contribution in [0.5, 0.6) is 5.75 Å². The van der Waals surface area contributed by atoms with Crippen LogP contribution in [0.25, 0.3) is 16.2 Å². The second-order valence-corrected chi connectivity index (χ2v) is 5.80. The van der Waals surface area contributed by atoms with Gasteiger partial charge in [-0.2, -0.15) is 4.52 Å². The quantitative estimate of drug-likeness (QED) is 0.735. The Morgan fingerprint density at radius 3 is 2.90 bits per heavy atom. The van der Waals surface area contributed by atoms with E-state index in [1.807, 2.05) is 13.0 Å². The molecule has 1 N–H and O–H groups in total. The zero-order valence-corrected chi connectivity index (χ0v) is 12.3. The van der Waals surface area contributed by atoms with Crippen molar-refractivity contribution in [3.8, 4) is 17.0 Å². The number of fused-ring (bicyclic) bond motifs is 1. The smallest absolute Gasteiger partial charge is 0.300 e. The highest BCUT2D eigenvalue weighted by molar-refractivity contribution is 7.73. The van der Waals surface area contributed by atoms with Crippen LogP contribution in [0.4, 0.5) is 0 Å². The van der Waals surface area contributed by atoms with E-state index in [1.54, 1.807) is 19.2 Å². The second kappa shape index (κ2) is 4.80. The standard InChI is InChI=1S/C12H10N4O2S2/c1-6-5-7(3-4-8(6)18-2)9-10(17)16-11(14-13-9)20-12(19)15-16/h3-5H,1-2H3,(H,15,19). The Morgan fingerprint density at radius 2 is 2.20 bits per heavy atom. The zero-order chi connectivity index (χ0) is 14.3. The molecule has 1 aromatic carbocycles. The summed E-state index contributed by atoms with van der Waals surface area (Å²) in [7, 11) is 1.61. The maximum Gasteiger partial charge on any atom is 0.300 e. The molecule has 3 aromatic rings. The van der Waals surface area contributed by atoms with Crippen molar-refractivity contribution in [2.45, 2.75) is 6.92 Å². The van der Waals surface area contributed by atoms with Crippen LogP contribution in [-0.4, -0.2) is 26.9 Å². The van der Waals surface area contributed by atoms with Crippen LogP contribution in [0.1, 0.15) is 5.56 Å². The molecule has 0 aliphatic carbocycles. The summed E-state index contributed by atoms with van der Waals surface area (Å²) in [6.07, 6.45) is 0. The van der Waals surface area contributed by atoms with Crippen LogP contribution >= 0.6 is 23.6 Å². The van der Waals surface area contributed by atoms with Crippen molar-refractivity contribution >= 4 is 28.5 Å². The van der Waals surface area contributed by atoms with Gasteiger partial charge in [-0.25, -0.2) is 0 Å². The van der Waals surface area contributed by atoms with Gasteiger partial charge in [0, 0.05) is 5.56 Å². The number of aromatic amines is 1. The summed E-state index contributed by atoms with van der Waals surface area (Å²) in [6, 6.07) is 5.43. The maximum atomic E-state index is 12.4. The third-order valence-corrected chi connectivity index (χ3v) is 3.95. The SMILES string of the molecule is COc1ccc(-c2nnc3sc(=S)[nH]n3c2=O)cc1C. The first-order valence-corrected chi connectivity index (χ1v) is 6.96. The van der Waals surface area contributed by atoms with Crippen LogP contribution in [0, 0.1) is 10.9 Å². The van der Waals surface area contributed by atoms with Gasteiger partial charge in [-0.3, -0.25) is 9.89 Å². The number of hydrogen-bond acceptors (Lipinski definition) is 6. The van der Waals surface area contributed by atoms with Crippen molar-refractivity contribution in [1.82, 2.24) is 19.8 Å². The Labute approximate surface area is 122 Å². The average molecular weight is 306 g/mol. The topological polar surface area (TPSA) is 72.3 Å². The minimum Gasteiger partial charge on any atom is -0.496 e. The lowest BCUT2D eigenvalue weighted by Gasteiger charge is -2.06. The Balaban J connectivity index is 2.24. The number of aryl methyl sites for hydroxylation is 1. The lowest BCUT2D eigenvalue weighted by molar-refractivity contribution is 0.412. The fourth-order valence-electron chi connectivity index (χ4n) is 1.94. The Bertz CT molecular complexity index is 910. The fraction of sp³-hybridized carbons (Fsp3) is 0.167. The van der Waals surface area contributed by atoms with Crippen molar-refractivity contribution < 1.29 is 4.74 Å². The van der Waals surface area contributed by atoms with E-state index in [-0.39, 0.29) is 11.3 Å². The third-order valence-electron chi connectivity index (χ3n) is 2.89. The van der Waals surface area contributed by atoms with E-state index in [0.29, 0.717) is 14.5 Å². The third kappa shape index (κ3) is 2.02. The van der Waals surface area contributed by atoms with Gasteiger partial charge >= 0.3 is 0 Å². The molecule has 0 fully saturated rings. The molecule has 20 heavy (non-hydrogen) atoms. The molecule has 0 bridgehead atoms. The molecular weight excluding hydrogens is 296 g/mol. The first kappa shape index (κ1) is 12.9. The molecule has 0 saturated carbocycles. The van der Waals surface area contributed by atoms with Gasteiger partial charge in [-0.05, 0) is 42.9 Å². The summed E-state index contributed by atoms with van der Waals surface area (Å²) in [4.78, 5) is 12.8.